The third-order valence-corrected chi connectivity index (χ3v) is 3.50. The lowest BCUT2D eigenvalue weighted by Crippen LogP contribution is -2.13. The highest BCUT2D eigenvalue weighted by atomic mass is 35.5. The smallest absolute Gasteiger partial charge is 0.106 e. The first kappa shape index (κ1) is 14.1. The number of halogens is 2. The maximum atomic E-state index is 6.11. The second-order valence-corrected chi connectivity index (χ2v) is 5.28. The van der Waals surface area contributed by atoms with Crippen molar-refractivity contribution >= 4 is 46.1 Å². The van der Waals surface area contributed by atoms with Gasteiger partial charge in [0.2, 0.25) is 0 Å². The average Bonchev–Trinajstić information content (AvgIpc) is 2.38. The summed E-state index contributed by atoms with van der Waals surface area (Å²) in [5.41, 5.74) is 8.27. The SMILES string of the molecule is NC(=S)c1cc(Cl)ccc1NCc1ccccc1Cl. The van der Waals surface area contributed by atoms with Gasteiger partial charge in [0, 0.05) is 27.8 Å². The van der Waals surface area contributed by atoms with E-state index in [9.17, 15) is 0 Å². The third kappa shape index (κ3) is 3.60. The molecule has 0 heterocycles. The van der Waals surface area contributed by atoms with Gasteiger partial charge >= 0.3 is 0 Å². The van der Waals surface area contributed by atoms with Crippen LogP contribution in [0.4, 0.5) is 5.69 Å². The minimum absolute atomic E-state index is 0.309. The van der Waals surface area contributed by atoms with Crippen LogP contribution in [0.3, 0.4) is 0 Å². The van der Waals surface area contributed by atoms with E-state index in [0.29, 0.717) is 16.6 Å². The molecule has 0 atom stereocenters. The molecule has 0 aliphatic carbocycles. The standard InChI is InChI=1S/C14H12Cl2N2S/c15-10-5-6-13(11(7-10)14(17)19)18-8-9-3-1-2-4-12(9)16/h1-7,18H,8H2,(H2,17,19). The first-order chi connectivity index (χ1) is 9.08. The Hall–Kier alpha value is -1.29. The number of benzene rings is 2. The topological polar surface area (TPSA) is 38.0 Å². The summed E-state index contributed by atoms with van der Waals surface area (Å²) in [7, 11) is 0. The van der Waals surface area contributed by atoms with Gasteiger partial charge in [0.1, 0.15) is 4.99 Å². The highest BCUT2D eigenvalue weighted by molar-refractivity contribution is 7.80. The molecule has 0 unspecified atom stereocenters. The van der Waals surface area contributed by atoms with E-state index in [-0.39, 0.29) is 0 Å². The van der Waals surface area contributed by atoms with Crippen molar-refractivity contribution in [3.05, 3.63) is 63.6 Å². The molecule has 0 bridgehead atoms. The first-order valence-corrected chi connectivity index (χ1v) is 6.81. The fourth-order valence-electron chi connectivity index (χ4n) is 1.71. The number of thiocarbonyl (C=S) groups is 1. The molecule has 0 spiro atoms. The second kappa shape index (κ2) is 6.24. The lowest BCUT2D eigenvalue weighted by molar-refractivity contribution is 1.15. The Morgan fingerprint density at radius 3 is 2.58 bits per heavy atom. The van der Waals surface area contributed by atoms with Gasteiger partial charge in [-0.2, -0.15) is 0 Å². The van der Waals surface area contributed by atoms with Crippen LogP contribution in [-0.4, -0.2) is 4.99 Å². The number of nitrogens with one attached hydrogen (secondary N) is 1. The number of rotatable bonds is 4. The Morgan fingerprint density at radius 1 is 1.16 bits per heavy atom. The highest BCUT2D eigenvalue weighted by Crippen LogP contribution is 2.22. The molecule has 0 amide bonds. The maximum absolute atomic E-state index is 6.11. The zero-order valence-corrected chi connectivity index (χ0v) is 12.3. The lowest BCUT2D eigenvalue weighted by Gasteiger charge is -2.12. The van der Waals surface area contributed by atoms with Crippen LogP contribution in [0, 0.1) is 0 Å². The van der Waals surface area contributed by atoms with Gasteiger partial charge in [0.05, 0.1) is 0 Å². The molecule has 2 rings (SSSR count). The van der Waals surface area contributed by atoms with E-state index in [4.69, 9.17) is 41.2 Å². The molecule has 0 radical (unpaired) electrons. The normalized spacial score (nSPS) is 10.2. The van der Waals surface area contributed by atoms with Crippen molar-refractivity contribution in [3.63, 3.8) is 0 Å². The van der Waals surface area contributed by atoms with Crippen LogP contribution in [0.2, 0.25) is 10.0 Å². The molecule has 0 fully saturated rings. The van der Waals surface area contributed by atoms with Gasteiger partial charge in [-0.1, -0.05) is 53.6 Å². The fraction of sp³-hybridized carbons (Fsp3) is 0.0714. The van der Waals surface area contributed by atoms with Crippen molar-refractivity contribution in [2.45, 2.75) is 6.54 Å². The van der Waals surface area contributed by atoms with Crippen LogP contribution in [-0.2, 0) is 6.54 Å². The predicted octanol–water partition coefficient (Wildman–Crippen LogP) is 4.24. The molecule has 0 saturated heterocycles. The summed E-state index contributed by atoms with van der Waals surface area (Å²) in [5.74, 6) is 0. The third-order valence-electron chi connectivity index (χ3n) is 2.67. The van der Waals surface area contributed by atoms with Gasteiger partial charge in [0.15, 0.2) is 0 Å². The van der Waals surface area contributed by atoms with E-state index in [1.165, 1.54) is 0 Å². The largest absolute Gasteiger partial charge is 0.389 e. The molecule has 3 N–H and O–H groups in total. The number of hydrogen-bond donors (Lipinski definition) is 2. The Morgan fingerprint density at radius 2 is 1.89 bits per heavy atom. The molecule has 19 heavy (non-hydrogen) atoms. The molecule has 0 saturated carbocycles. The van der Waals surface area contributed by atoms with Crippen molar-refractivity contribution in [2.75, 3.05) is 5.32 Å². The summed E-state index contributed by atoms with van der Waals surface area (Å²) >= 11 is 17.1. The zero-order valence-electron chi connectivity index (χ0n) is 9.99. The molecular weight excluding hydrogens is 299 g/mol. The molecule has 0 aliphatic heterocycles. The van der Waals surface area contributed by atoms with Crippen molar-refractivity contribution in [1.82, 2.24) is 0 Å². The van der Waals surface area contributed by atoms with Crippen molar-refractivity contribution in [1.29, 1.82) is 0 Å². The van der Waals surface area contributed by atoms with Gasteiger partial charge in [-0.15, -0.1) is 0 Å². The highest BCUT2D eigenvalue weighted by Gasteiger charge is 2.06. The summed E-state index contributed by atoms with van der Waals surface area (Å²) in [5, 5.41) is 4.59. The molecule has 2 aromatic rings. The van der Waals surface area contributed by atoms with Crippen LogP contribution in [0.15, 0.2) is 42.5 Å². The van der Waals surface area contributed by atoms with Crippen LogP contribution in [0.1, 0.15) is 11.1 Å². The van der Waals surface area contributed by atoms with Gasteiger partial charge in [-0.05, 0) is 29.8 Å². The molecule has 0 aliphatic rings. The van der Waals surface area contributed by atoms with Crippen LogP contribution in [0.5, 0.6) is 0 Å². The van der Waals surface area contributed by atoms with E-state index in [1.54, 1.807) is 12.1 Å². The summed E-state index contributed by atoms with van der Waals surface area (Å²) in [6, 6.07) is 13.1. The summed E-state index contributed by atoms with van der Waals surface area (Å²) < 4.78 is 0. The van der Waals surface area contributed by atoms with E-state index >= 15 is 0 Å². The monoisotopic (exact) mass is 310 g/mol. The first-order valence-electron chi connectivity index (χ1n) is 5.64. The molecule has 2 nitrogen and oxygen atoms in total. The molecule has 0 aromatic heterocycles. The number of anilines is 1. The van der Waals surface area contributed by atoms with Crippen LogP contribution >= 0.6 is 35.4 Å². The summed E-state index contributed by atoms with van der Waals surface area (Å²) in [6.45, 7) is 0.594. The van der Waals surface area contributed by atoms with E-state index < -0.39 is 0 Å². The molecule has 2 aromatic carbocycles. The second-order valence-electron chi connectivity index (χ2n) is 4.00. The average molecular weight is 311 g/mol. The zero-order chi connectivity index (χ0) is 13.8. The maximum Gasteiger partial charge on any atom is 0.106 e. The van der Waals surface area contributed by atoms with Crippen molar-refractivity contribution < 1.29 is 0 Å². The van der Waals surface area contributed by atoms with E-state index in [2.05, 4.69) is 5.32 Å². The molecule has 98 valence electrons. The molecule has 5 heteroatoms. The quantitative estimate of drug-likeness (QED) is 0.830. The summed E-state index contributed by atoms with van der Waals surface area (Å²) in [6.07, 6.45) is 0. The van der Waals surface area contributed by atoms with Gasteiger partial charge < -0.3 is 11.1 Å². The van der Waals surface area contributed by atoms with Gasteiger partial charge in [-0.3, -0.25) is 0 Å². The van der Waals surface area contributed by atoms with E-state index in [1.807, 2.05) is 30.3 Å². The predicted molar refractivity (Wildman–Crippen MR) is 86.1 cm³/mol. The lowest BCUT2D eigenvalue weighted by atomic mass is 10.1. The summed E-state index contributed by atoms with van der Waals surface area (Å²) in [4.78, 5) is 0.309. The Kier molecular flexibility index (Phi) is 4.64. The van der Waals surface area contributed by atoms with Crippen molar-refractivity contribution in [2.24, 2.45) is 5.73 Å². The Bertz CT molecular complexity index is 614. The minimum Gasteiger partial charge on any atom is -0.389 e. The fourth-order valence-corrected chi connectivity index (χ4v) is 2.25. The Labute approximate surface area is 127 Å². The minimum atomic E-state index is 0.309. The van der Waals surface area contributed by atoms with Crippen molar-refractivity contribution in [3.8, 4) is 0 Å². The van der Waals surface area contributed by atoms with E-state index in [0.717, 1.165) is 21.8 Å². The number of nitrogens with two attached hydrogens (primary N) is 1. The molecular formula is C14H12Cl2N2S. The Balaban J connectivity index is 2.20. The number of hydrogen-bond acceptors (Lipinski definition) is 2. The van der Waals surface area contributed by atoms with Gasteiger partial charge in [-0.25, -0.2) is 0 Å². The van der Waals surface area contributed by atoms with Crippen LogP contribution < -0.4 is 11.1 Å². The van der Waals surface area contributed by atoms with Crippen LogP contribution in [0.25, 0.3) is 0 Å². The van der Waals surface area contributed by atoms with Gasteiger partial charge in [0.25, 0.3) is 0 Å².